The molecule has 5 nitrogen and oxygen atoms in total. The van der Waals surface area contributed by atoms with Gasteiger partial charge < -0.3 is 9.88 Å². The van der Waals surface area contributed by atoms with Crippen LogP contribution in [0.25, 0.3) is 0 Å². The smallest absolute Gasteiger partial charge is 0.233 e. The number of carbonyl (C=O) groups is 1. The molecule has 0 saturated carbocycles. The molecule has 1 unspecified atom stereocenters. The molecule has 1 aromatic heterocycles. The van der Waals surface area contributed by atoms with Crippen molar-refractivity contribution in [3.63, 3.8) is 0 Å². The molecule has 20 heavy (non-hydrogen) atoms. The first-order valence-electron chi connectivity index (χ1n) is 7.13. The summed E-state index contributed by atoms with van der Waals surface area (Å²) in [5.41, 5.74) is 1.49. The van der Waals surface area contributed by atoms with Crippen molar-refractivity contribution in [2.75, 3.05) is 6.54 Å². The normalized spacial score (nSPS) is 16.6. The van der Waals surface area contributed by atoms with Gasteiger partial charge in [-0.2, -0.15) is 0 Å². The highest BCUT2D eigenvalue weighted by Gasteiger charge is 2.16. The molecular formula is C14H22N4OS. The lowest BCUT2D eigenvalue weighted by Gasteiger charge is -2.14. The number of amides is 1. The summed E-state index contributed by atoms with van der Waals surface area (Å²) in [6, 6.07) is 0. The molecule has 1 aliphatic rings. The topological polar surface area (TPSA) is 59.8 Å². The summed E-state index contributed by atoms with van der Waals surface area (Å²) in [6.07, 6.45) is 9.93. The lowest BCUT2D eigenvalue weighted by molar-refractivity contribution is -0.120. The van der Waals surface area contributed by atoms with E-state index >= 15 is 0 Å². The van der Waals surface area contributed by atoms with E-state index in [1.807, 2.05) is 18.5 Å². The van der Waals surface area contributed by atoms with Crippen LogP contribution in [0.2, 0.25) is 0 Å². The Morgan fingerprint density at radius 1 is 1.55 bits per heavy atom. The lowest BCUT2D eigenvalue weighted by Crippen LogP contribution is -2.32. The van der Waals surface area contributed by atoms with Crippen LogP contribution in [0.1, 0.15) is 39.0 Å². The number of thioether (sulfide) groups is 1. The summed E-state index contributed by atoms with van der Waals surface area (Å²) in [5, 5.41) is 11.4. The Kier molecular flexibility index (Phi) is 5.64. The van der Waals surface area contributed by atoms with Crippen molar-refractivity contribution < 1.29 is 4.79 Å². The largest absolute Gasteiger partial charge is 0.355 e. The lowest BCUT2D eigenvalue weighted by atomic mass is 9.97. The zero-order valence-corrected chi connectivity index (χ0v) is 12.9. The minimum Gasteiger partial charge on any atom is -0.355 e. The first kappa shape index (κ1) is 15.1. The van der Waals surface area contributed by atoms with E-state index < -0.39 is 0 Å². The van der Waals surface area contributed by atoms with Crippen LogP contribution in [0.5, 0.6) is 0 Å². The van der Waals surface area contributed by atoms with Crippen molar-refractivity contribution in [2.45, 2.75) is 49.4 Å². The van der Waals surface area contributed by atoms with E-state index in [9.17, 15) is 4.79 Å². The predicted molar refractivity (Wildman–Crippen MR) is 80.5 cm³/mol. The van der Waals surface area contributed by atoms with Crippen molar-refractivity contribution in [1.82, 2.24) is 20.1 Å². The molecule has 1 amide bonds. The second kappa shape index (κ2) is 7.47. The second-order valence-corrected chi connectivity index (χ2v) is 6.44. The molecular weight excluding hydrogens is 272 g/mol. The average molecular weight is 294 g/mol. The van der Waals surface area contributed by atoms with Crippen LogP contribution in [0.15, 0.2) is 23.1 Å². The number of aromatic nitrogens is 3. The maximum absolute atomic E-state index is 12.0. The number of allylic oxidation sites excluding steroid dienone is 1. The first-order valence-corrected chi connectivity index (χ1v) is 8.01. The van der Waals surface area contributed by atoms with E-state index in [2.05, 4.69) is 21.6 Å². The summed E-state index contributed by atoms with van der Waals surface area (Å²) in [7, 11) is 1.88. The zero-order valence-electron chi connectivity index (χ0n) is 12.1. The maximum Gasteiger partial charge on any atom is 0.233 e. The number of hydrogen-bond acceptors (Lipinski definition) is 4. The van der Waals surface area contributed by atoms with Crippen molar-refractivity contribution in [3.8, 4) is 0 Å². The Balaban J connectivity index is 1.71. The van der Waals surface area contributed by atoms with Crippen LogP contribution in [0.3, 0.4) is 0 Å². The number of nitrogens with one attached hydrogen (secondary N) is 1. The summed E-state index contributed by atoms with van der Waals surface area (Å²) in [4.78, 5) is 12.0. The monoisotopic (exact) mass is 294 g/mol. The Hall–Kier alpha value is -1.30. The van der Waals surface area contributed by atoms with Gasteiger partial charge in [0.05, 0.1) is 5.25 Å². The van der Waals surface area contributed by atoms with Crippen molar-refractivity contribution in [1.29, 1.82) is 0 Å². The van der Waals surface area contributed by atoms with Gasteiger partial charge in [0.15, 0.2) is 5.16 Å². The van der Waals surface area contributed by atoms with E-state index in [0.717, 1.165) is 18.1 Å². The van der Waals surface area contributed by atoms with Gasteiger partial charge in [-0.1, -0.05) is 23.4 Å². The van der Waals surface area contributed by atoms with Gasteiger partial charge in [0.2, 0.25) is 5.91 Å². The van der Waals surface area contributed by atoms with Gasteiger partial charge in [-0.05, 0) is 39.0 Å². The highest BCUT2D eigenvalue weighted by Crippen LogP contribution is 2.21. The van der Waals surface area contributed by atoms with Crippen LogP contribution in [0.4, 0.5) is 0 Å². The van der Waals surface area contributed by atoms with Crippen molar-refractivity contribution in [2.24, 2.45) is 7.05 Å². The number of rotatable bonds is 6. The van der Waals surface area contributed by atoms with E-state index in [1.165, 1.54) is 43.0 Å². The van der Waals surface area contributed by atoms with Crippen LogP contribution in [-0.2, 0) is 11.8 Å². The number of aryl methyl sites for hydroxylation is 1. The first-order chi connectivity index (χ1) is 9.66. The minimum absolute atomic E-state index is 0.0643. The van der Waals surface area contributed by atoms with Gasteiger partial charge >= 0.3 is 0 Å². The fourth-order valence-electron chi connectivity index (χ4n) is 2.21. The summed E-state index contributed by atoms with van der Waals surface area (Å²) >= 11 is 1.43. The molecule has 0 aliphatic heterocycles. The molecule has 110 valence electrons. The van der Waals surface area contributed by atoms with Gasteiger partial charge in [0.1, 0.15) is 6.33 Å². The SMILES string of the molecule is CC(Sc1nncn1C)C(=O)NCCC1=CCCCC1. The summed E-state index contributed by atoms with van der Waals surface area (Å²) in [6.45, 7) is 2.63. The average Bonchev–Trinajstić information content (AvgIpc) is 2.85. The van der Waals surface area contributed by atoms with E-state index in [1.54, 1.807) is 6.33 Å². The quantitative estimate of drug-likeness (QED) is 0.646. The van der Waals surface area contributed by atoms with Crippen molar-refractivity contribution in [3.05, 3.63) is 18.0 Å². The maximum atomic E-state index is 12.0. The third kappa shape index (κ3) is 4.37. The molecule has 0 spiro atoms. The molecule has 2 rings (SSSR count). The fraction of sp³-hybridized carbons (Fsp3) is 0.643. The highest BCUT2D eigenvalue weighted by molar-refractivity contribution is 8.00. The number of nitrogens with zero attached hydrogens (tertiary/aromatic N) is 3. The molecule has 0 aromatic carbocycles. The summed E-state index contributed by atoms with van der Waals surface area (Å²) in [5.74, 6) is 0.0643. The number of hydrogen-bond donors (Lipinski definition) is 1. The minimum atomic E-state index is -0.154. The van der Waals surface area contributed by atoms with Gasteiger partial charge in [-0.3, -0.25) is 4.79 Å². The van der Waals surface area contributed by atoms with E-state index in [-0.39, 0.29) is 11.2 Å². The Morgan fingerprint density at radius 2 is 2.40 bits per heavy atom. The fourth-order valence-corrected chi connectivity index (χ4v) is 3.03. The standard InChI is InChI=1S/C14H22N4OS/c1-11(20-14-17-16-10-18(14)2)13(19)15-9-8-12-6-4-3-5-7-12/h6,10-11H,3-5,7-9H2,1-2H3,(H,15,19). The molecule has 0 radical (unpaired) electrons. The number of carbonyl (C=O) groups excluding carboxylic acids is 1. The Morgan fingerprint density at radius 3 is 3.05 bits per heavy atom. The molecule has 0 fully saturated rings. The molecule has 6 heteroatoms. The molecule has 1 heterocycles. The van der Waals surface area contributed by atoms with Crippen LogP contribution in [-0.4, -0.2) is 32.5 Å². The van der Waals surface area contributed by atoms with Crippen LogP contribution in [0, 0.1) is 0 Å². The van der Waals surface area contributed by atoms with Crippen LogP contribution < -0.4 is 5.32 Å². The van der Waals surface area contributed by atoms with E-state index in [0.29, 0.717) is 0 Å². The Labute approximate surface area is 124 Å². The molecule has 0 bridgehead atoms. The molecule has 1 aliphatic carbocycles. The third-order valence-corrected chi connectivity index (χ3v) is 4.60. The molecule has 1 atom stereocenters. The Bertz CT molecular complexity index is 483. The van der Waals surface area contributed by atoms with Crippen LogP contribution >= 0.6 is 11.8 Å². The zero-order chi connectivity index (χ0) is 14.4. The molecule has 0 saturated heterocycles. The second-order valence-electron chi connectivity index (χ2n) is 5.13. The van der Waals surface area contributed by atoms with Gasteiger partial charge in [-0.25, -0.2) is 0 Å². The van der Waals surface area contributed by atoms with Gasteiger partial charge in [-0.15, -0.1) is 10.2 Å². The predicted octanol–water partition coefficient (Wildman–Crippen LogP) is 2.30. The van der Waals surface area contributed by atoms with Crippen molar-refractivity contribution >= 4 is 17.7 Å². The molecule has 1 N–H and O–H groups in total. The van der Waals surface area contributed by atoms with E-state index in [4.69, 9.17) is 0 Å². The van der Waals surface area contributed by atoms with Gasteiger partial charge in [0.25, 0.3) is 0 Å². The summed E-state index contributed by atoms with van der Waals surface area (Å²) < 4.78 is 1.82. The highest BCUT2D eigenvalue weighted by atomic mass is 32.2. The molecule has 1 aromatic rings. The third-order valence-electron chi connectivity index (χ3n) is 3.45. The van der Waals surface area contributed by atoms with Gasteiger partial charge in [0, 0.05) is 13.6 Å².